The van der Waals surface area contributed by atoms with E-state index >= 15 is 0 Å². The van der Waals surface area contributed by atoms with Crippen molar-refractivity contribution in [2.45, 2.75) is 130 Å². The Morgan fingerprint density at radius 1 is 0.588 bits per heavy atom. The van der Waals surface area contributed by atoms with Crippen molar-refractivity contribution in [2.24, 2.45) is 10.8 Å². The van der Waals surface area contributed by atoms with Gasteiger partial charge in [0.2, 0.25) is 0 Å². The molecule has 0 aliphatic heterocycles. The molecule has 2 fully saturated rings. The summed E-state index contributed by atoms with van der Waals surface area (Å²) >= 11 is 0. The maximum Gasteiger partial charge on any atom is 0.0704 e. The van der Waals surface area contributed by atoms with E-state index in [0.717, 1.165) is 32.3 Å². The summed E-state index contributed by atoms with van der Waals surface area (Å²) in [7, 11) is 0. The number of ether oxygens (including phenoxy) is 4. The van der Waals surface area contributed by atoms with Gasteiger partial charge in [-0.3, -0.25) is 0 Å². The van der Waals surface area contributed by atoms with Crippen LogP contribution in [-0.4, -0.2) is 75.0 Å². The highest BCUT2D eigenvalue weighted by atomic mass is 16.5. The van der Waals surface area contributed by atoms with E-state index in [0.29, 0.717) is 57.3 Å². The predicted octanol–water partition coefficient (Wildman–Crippen LogP) is 4.94. The second-order valence-electron chi connectivity index (χ2n) is 14.0. The molecule has 0 radical (unpaired) electrons. The van der Waals surface area contributed by atoms with E-state index < -0.39 is 0 Å². The fourth-order valence-corrected chi connectivity index (χ4v) is 4.39. The summed E-state index contributed by atoms with van der Waals surface area (Å²) in [6, 6.07) is 1.10. The average molecular weight is 485 g/mol. The van der Waals surface area contributed by atoms with Crippen LogP contribution in [0.3, 0.4) is 0 Å². The van der Waals surface area contributed by atoms with Crippen LogP contribution in [0.4, 0.5) is 0 Å². The maximum atomic E-state index is 6.05. The van der Waals surface area contributed by atoms with Crippen LogP contribution in [0.2, 0.25) is 0 Å². The Hall–Kier alpha value is -0.240. The van der Waals surface area contributed by atoms with Crippen LogP contribution in [-0.2, 0) is 18.9 Å². The number of hydrogen-bond donors (Lipinski definition) is 2. The second-order valence-corrected chi connectivity index (χ2v) is 14.0. The van der Waals surface area contributed by atoms with Crippen molar-refractivity contribution in [2.75, 3.05) is 39.6 Å². The molecule has 0 atom stereocenters. The van der Waals surface area contributed by atoms with Crippen LogP contribution in [0.25, 0.3) is 0 Å². The standard InChI is InChI=1S/C28H56N2O4/c1-25(2,3)19-31-11-13-33-24-17-22(18-24)30-28(9,10)27(7,8)20-32-12-14-34-23-15-21(16-23)29-26(4,5)6/h21-24,29-30H,11-20H2,1-10H3/t21-,22-,23-,24+. The summed E-state index contributed by atoms with van der Waals surface area (Å²) < 4.78 is 23.7. The van der Waals surface area contributed by atoms with E-state index in [9.17, 15) is 0 Å². The first kappa shape index (κ1) is 30.0. The summed E-state index contributed by atoms with van der Waals surface area (Å²) in [4.78, 5) is 0. The Labute approximate surface area is 210 Å². The molecule has 0 aromatic rings. The van der Waals surface area contributed by atoms with Crippen LogP contribution in [0, 0.1) is 10.8 Å². The maximum absolute atomic E-state index is 6.05. The van der Waals surface area contributed by atoms with Gasteiger partial charge in [-0.1, -0.05) is 34.6 Å². The summed E-state index contributed by atoms with van der Waals surface area (Å²) in [5.41, 5.74) is 0.376. The van der Waals surface area contributed by atoms with Crippen molar-refractivity contribution < 1.29 is 18.9 Å². The minimum Gasteiger partial charge on any atom is -0.379 e. The van der Waals surface area contributed by atoms with Gasteiger partial charge >= 0.3 is 0 Å². The second kappa shape index (κ2) is 12.3. The SMILES string of the molecule is CC(C)(C)COCCO[C@H]1C[C@@H](NC(C)(C)C(C)(C)COCCO[C@H]2C[C@H](NC(C)(C)C)C2)C1. The average Bonchev–Trinajstić information content (AvgIpc) is 2.60. The molecule has 6 heteroatoms. The van der Waals surface area contributed by atoms with Crippen molar-refractivity contribution >= 4 is 0 Å². The molecule has 2 rings (SSSR count). The van der Waals surface area contributed by atoms with Gasteiger partial charge in [0.15, 0.2) is 0 Å². The molecule has 6 nitrogen and oxygen atoms in total. The Kier molecular flexibility index (Phi) is 10.9. The van der Waals surface area contributed by atoms with Gasteiger partial charge in [-0.2, -0.15) is 0 Å². The third-order valence-corrected chi connectivity index (χ3v) is 7.24. The molecule has 0 heterocycles. The van der Waals surface area contributed by atoms with Crippen molar-refractivity contribution in [3.63, 3.8) is 0 Å². The number of hydrogen-bond acceptors (Lipinski definition) is 6. The molecule has 2 aliphatic rings. The quantitative estimate of drug-likeness (QED) is 0.321. The summed E-state index contributed by atoms with van der Waals surface area (Å²) in [6.45, 7) is 26.6. The molecule has 0 bridgehead atoms. The minimum absolute atomic E-state index is 0.0118. The number of nitrogens with one attached hydrogen (secondary N) is 2. The lowest BCUT2D eigenvalue weighted by atomic mass is 9.73. The summed E-state index contributed by atoms with van der Waals surface area (Å²) in [6.07, 6.45) is 5.09. The van der Waals surface area contributed by atoms with Crippen LogP contribution in [0.1, 0.15) is 94.9 Å². The van der Waals surface area contributed by atoms with Gasteiger partial charge < -0.3 is 29.6 Å². The van der Waals surface area contributed by atoms with Gasteiger partial charge in [0, 0.05) is 28.6 Å². The van der Waals surface area contributed by atoms with E-state index in [-0.39, 0.29) is 21.9 Å². The molecule has 0 spiro atoms. The van der Waals surface area contributed by atoms with Gasteiger partial charge in [0.25, 0.3) is 0 Å². The van der Waals surface area contributed by atoms with Crippen LogP contribution < -0.4 is 10.6 Å². The molecule has 2 saturated carbocycles. The highest BCUT2D eigenvalue weighted by molar-refractivity contribution is 4.99. The topological polar surface area (TPSA) is 61.0 Å². The van der Waals surface area contributed by atoms with E-state index in [1.807, 2.05) is 0 Å². The van der Waals surface area contributed by atoms with Crippen molar-refractivity contribution in [1.82, 2.24) is 10.6 Å². The van der Waals surface area contributed by atoms with Gasteiger partial charge in [-0.15, -0.1) is 0 Å². The Morgan fingerprint density at radius 3 is 1.47 bits per heavy atom. The number of rotatable bonds is 15. The largest absolute Gasteiger partial charge is 0.379 e. The zero-order chi connectivity index (χ0) is 25.6. The zero-order valence-electron chi connectivity index (χ0n) is 24.0. The van der Waals surface area contributed by atoms with Crippen LogP contribution in [0.5, 0.6) is 0 Å². The van der Waals surface area contributed by atoms with Crippen LogP contribution >= 0.6 is 0 Å². The smallest absolute Gasteiger partial charge is 0.0704 e. The molecule has 34 heavy (non-hydrogen) atoms. The van der Waals surface area contributed by atoms with Crippen molar-refractivity contribution in [3.8, 4) is 0 Å². The molecule has 0 saturated heterocycles. The van der Waals surface area contributed by atoms with E-state index in [1.165, 1.54) is 0 Å². The lowest BCUT2D eigenvalue weighted by molar-refractivity contribution is -0.0715. The Bertz CT molecular complexity index is 582. The molecule has 2 N–H and O–H groups in total. The fourth-order valence-electron chi connectivity index (χ4n) is 4.39. The first-order valence-electron chi connectivity index (χ1n) is 13.5. The van der Waals surface area contributed by atoms with Crippen molar-refractivity contribution in [3.05, 3.63) is 0 Å². The molecule has 0 unspecified atom stereocenters. The van der Waals surface area contributed by atoms with Gasteiger partial charge in [-0.25, -0.2) is 0 Å². The molecule has 0 aromatic carbocycles. The van der Waals surface area contributed by atoms with Gasteiger partial charge in [-0.05, 0) is 65.7 Å². The normalized spacial score (nSPS) is 26.3. The monoisotopic (exact) mass is 484 g/mol. The third kappa shape index (κ3) is 10.8. The lowest BCUT2D eigenvalue weighted by Gasteiger charge is -2.48. The summed E-state index contributed by atoms with van der Waals surface area (Å²) in [5, 5.41) is 7.50. The minimum atomic E-state index is -0.0286. The molecule has 0 aromatic heterocycles. The molecular formula is C28H56N2O4. The third-order valence-electron chi connectivity index (χ3n) is 7.24. The fraction of sp³-hybridized carbons (Fsp3) is 1.00. The van der Waals surface area contributed by atoms with Gasteiger partial charge in [0.1, 0.15) is 0 Å². The molecule has 202 valence electrons. The summed E-state index contributed by atoms with van der Waals surface area (Å²) in [5.74, 6) is 0. The predicted molar refractivity (Wildman–Crippen MR) is 141 cm³/mol. The van der Waals surface area contributed by atoms with Crippen LogP contribution in [0.15, 0.2) is 0 Å². The molecule has 0 amide bonds. The zero-order valence-corrected chi connectivity index (χ0v) is 24.0. The van der Waals surface area contributed by atoms with Crippen molar-refractivity contribution in [1.29, 1.82) is 0 Å². The molecular weight excluding hydrogens is 428 g/mol. The highest BCUT2D eigenvalue weighted by Crippen LogP contribution is 2.34. The first-order chi connectivity index (χ1) is 15.6. The van der Waals surface area contributed by atoms with E-state index in [4.69, 9.17) is 18.9 Å². The Morgan fingerprint density at radius 2 is 1.03 bits per heavy atom. The lowest BCUT2D eigenvalue weighted by Crippen LogP contribution is -2.60. The van der Waals surface area contributed by atoms with E-state index in [1.54, 1.807) is 0 Å². The first-order valence-corrected chi connectivity index (χ1v) is 13.5. The van der Waals surface area contributed by atoms with E-state index in [2.05, 4.69) is 79.9 Å². The highest BCUT2D eigenvalue weighted by Gasteiger charge is 2.41. The Balaban J connectivity index is 1.52. The molecule has 2 aliphatic carbocycles. The van der Waals surface area contributed by atoms with Gasteiger partial charge in [0.05, 0.1) is 51.8 Å².